The molecule has 0 bridgehead atoms. The molecule has 0 fully saturated rings. The zero-order valence-electron chi connectivity index (χ0n) is 16.1. The SMILES string of the molecule is COc1ccc(-c2cc(-c3ccncc3)c3c(C)[nH]nc3n2)c(OC)c1OC. The number of hydrogen-bond acceptors (Lipinski definition) is 6. The van der Waals surface area contributed by atoms with Gasteiger partial charge in [0.25, 0.3) is 0 Å². The van der Waals surface area contributed by atoms with Crippen molar-refractivity contribution in [2.75, 3.05) is 21.3 Å². The monoisotopic (exact) mass is 376 g/mol. The molecule has 0 spiro atoms. The largest absolute Gasteiger partial charge is 0.493 e. The lowest BCUT2D eigenvalue weighted by atomic mass is 9.99. The van der Waals surface area contributed by atoms with Gasteiger partial charge in [-0.3, -0.25) is 10.1 Å². The molecule has 0 aliphatic rings. The maximum Gasteiger partial charge on any atom is 0.203 e. The van der Waals surface area contributed by atoms with Crippen molar-refractivity contribution in [3.05, 3.63) is 48.4 Å². The van der Waals surface area contributed by atoms with Gasteiger partial charge in [-0.15, -0.1) is 0 Å². The number of pyridine rings is 2. The number of nitrogens with zero attached hydrogens (tertiary/aromatic N) is 3. The lowest BCUT2D eigenvalue weighted by Gasteiger charge is -2.16. The number of hydrogen-bond donors (Lipinski definition) is 1. The van der Waals surface area contributed by atoms with Crippen LogP contribution >= 0.6 is 0 Å². The van der Waals surface area contributed by atoms with Crippen molar-refractivity contribution >= 4 is 11.0 Å². The third-order valence-electron chi connectivity index (χ3n) is 4.68. The highest BCUT2D eigenvalue weighted by Crippen LogP contribution is 2.45. The molecule has 0 saturated heterocycles. The van der Waals surface area contributed by atoms with E-state index in [4.69, 9.17) is 19.2 Å². The van der Waals surface area contributed by atoms with E-state index in [1.807, 2.05) is 37.3 Å². The highest BCUT2D eigenvalue weighted by molar-refractivity contribution is 5.97. The Balaban J connectivity index is 2.01. The molecule has 28 heavy (non-hydrogen) atoms. The number of aryl methyl sites for hydroxylation is 1. The van der Waals surface area contributed by atoms with Gasteiger partial charge in [0.1, 0.15) is 0 Å². The highest BCUT2D eigenvalue weighted by atomic mass is 16.5. The van der Waals surface area contributed by atoms with Crippen LogP contribution in [0.15, 0.2) is 42.7 Å². The molecule has 0 aliphatic heterocycles. The first-order valence-electron chi connectivity index (χ1n) is 8.73. The minimum absolute atomic E-state index is 0.521. The number of methoxy groups -OCH3 is 3. The topological polar surface area (TPSA) is 82.2 Å². The second-order valence-corrected chi connectivity index (χ2v) is 6.22. The fourth-order valence-corrected chi connectivity index (χ4v) is 3.38. The van der Waals surface area contributed by atoms with E-state index in [1.54, 1.807) is 33.7 Å². The van der Waals surface area contributed by atoms with E-state index in [0.717, 1.165) is 33.5 Å². The van der Waals surface area contributed by atoms with Gasteiger partial charge in [-0.25, -0.2) is 4.98 Å². The maximum atomic E-state index is 5.64. The zero-order valence-corrected chi connectivity index (χ0v) is 16.1. The van der Waals surface area contributed by atoms with Crippen LogP contribution < -0.4 is 14.2 Å². The van der Waals surface area contributed by atoms with Crippen LogP contribution in [-0.2, 0) is 0 Å². The van der Waals surface area contributed by atoms with Gasteiger partial charge in [-0.2, -0.15) is 5.10 Å². The first kappa shape index (κ1) is 17.8. The Hall–Kier alpha value is -3.61. The molecule has 4 aromatic rings. The van der Waals surface area contributed by atoms with Gasteiger partial charge in [0.05, 0.1) is 27.0 Å². The number of aromatic amines is 1. The molecule has 0 aliphatic carbocycles. The van der Waals surface area contributed by atoms with E-state index in [2.05, 4.69) is 15.2 Å². The Morgan fingerprint density at radius 2 is 1.61 bits per heavy atom. The van der Waals surface area contributed by atoms with E-state index in [1.165, 1.54) is 0 Å². The molecule has 0 saturated carbocycles. The number of nitrogens with one attached hydrogen (secondary N) is 1. The molecule has 0 radical (unpaired) electrons. The summed E-state index contributed by atoms with van der Waals surface area (Å²) in [5.41, 5.74) is 5.17. The molecule has 7 nitrogen and oxygen atoms in total. The quantitative estimate of drug-likeness (QED) is 0.566. The van der Waals surface area contributed by atoms with Crippen LogP contribution in [0.2, 0.25) is 0 Å². The summed E-state index contributed by atoms with van der Waals surface area (Å²) in [6.07, 6.45) is 3.54. The van der Waals surface area contributed by atoms with Crippen molar-refractivity contribution in [1.29, 1.82) is 0 Å². The molecular weight excluding hydrogens is 356 g/mol. The van der Waals surface area contributed by atoms with E-state index < -0.39 is 0 Å². The fourth-order valence-electron chi connectivity index (χ4n) is 3.38. The van der Waals surface area contributed by atoms with Gasteiger partial charge in [0.2, 0.25) is 5.75 Å². The summed E-state index contributed by atoms with van der Waals surface area (Å²) < 4.78 is 16.5. The zero-order chi connectivity index (χ0) is 19.7. The van der Waals surface area contributed by atoms with Crippen LogP contribution in [0.25, 0.3) is 33.4 Å². The minimum Gasteiger partial charge on any atom is -0.493 e. The van der Waals surface area contributed by atoms with Crippen molar-refractivity contribution in [3.8, 4) is 39.6 Å². The summed E-state index contributed by atoms with van der Waals surface area (Å²) in [5, 5.41) is 8.39. The van der Waals surface area contributed by atoms with Gasteiger partial charge in [0, 0.05) is 29.0 Å². The Bertz CT molecular complexity index is 1140. The van der Waals surface area contributed by atoms with Crippen LogP contribution in [0, 0.1) is 6.92 Å². The minimum atomic E-state index is 0.521. The van der Waals surface area contributed by atoms with E-state index in [0.29, 0.717) is 22.9 Å². The normalized spacial score (nSPS) is 10.9. The summed E-state index contributed by atoms with van der Waals surface area (Å²) in [7, 11) is 4.78. The molecule has 1 aromatic carbocycles. The summed E-state index contributed by atoms with van der Waals surface area (Å²) in [6, 6.07) is 9.71. The van der Waals surface area contributed by atoms with Crippen LogP contribution in [0.1, 0.15) is 5.69 Å². The number of aromatic nitrogens is 4. The predicted octanol–water partition coefficient (Wildman–Crippen LogP) is 4.02. The average Bonchev–Trinajstić information content (AvgIpc) is 3.13. The van der Waals surface area contributed by atoms with Crippen molar-refractivity contribution in [2.45, 2.75) is 6.92 Å². The Morgan fingerprint density at radius 1 is 0.857 bits per heavy atom. The lowest BCUT2D eigenvalue weighted by Crippen LogP contribution is -1.98. The molecule has 0 unspecified atom stereocenters. The average molecular weight is 376 g/mol. The summed E-state index contributed by atoms with van der Waals surface area (Å²) in [4.78, 5) is 8.88. The lowest BCUT2D eigenvalue weighted by molar-refractivity contribution is 0.325. The molecule has 0 atom stereocenters. The van der Waals surface area contributed by atoms with Crippen LogP contribution in [0.4, 0.5) is 0 Å². The predicted molar refractivity (Wildman–Crippen MR) is 107 cm³/mol. The van der Waals surface area contributed by atoms with Crippen molar-refractivity contribution in [3.63, 3.8) is 0 Å². The highest BCUT2D eigenvalue weighted by Gasteiger charge is 2.20. The van der Waals surface area contributed by atoms with E-state index in [9.17, 15) is 0 Å². The van der Waals surface area contributed by atoms with Gasteiger partial charge in [0.15, 0.2) is 17.1 Å². The van der Waals surface area contributed by atoms with Gasteiger partial charge in [-0.05, 0) is 48.4 Å². The van der Waals surface area contributed by atoms with Crippen LogP contribution in [0.5, 0.6) is 17.2 Å². The third kappa shape index (κ3) is 2.81. The van der Waals surface area contributed by atoms with Crippen molar-refractivity contribution < 1.29 is 14.2 Å². The molecule has 1 N–H and O–H groups in total. The Labute approximate surface area is 162 Å². The molecule has 3 aromatic heterocycles. The van der Waals surface area contributed by atoms with Crippen LogP contribution in [0.3, 0.4) is 0 Å². The maximum absolute atomic E-state index is 5.64. The van der Waals surface area contributed by atoms with Crippen molar-refractivity contribution in [2.24, 2.45) is 0 Å². The number of H-pyrrole nitrogens is 1. The smallest absolute Gasteiger partial charge is 0.203 e. The first-order chi connectivity index (χ1) is 13.7. The molecule has 7 heteroatoms. The van der Waals surface area contributed by atoms with E-state index in [-0.39, 0.29) is 0 Å². The summed E-state index contributed by atoms with van der Waals surface area (Å²) in [6.45, 7) is 1.98. The van der Waals surface area contributed by atoms with Gasteiger partial charge < -0.3 is 14.2 Å². The van der Waals surface area contributed by atoms with Gasteiger partial charge in [-0.1, -0.05) is 0 Å². The number of ether oxygens (including phenoxy) is 3. The Kier molecular flexibility index (Phi) is 4.57. The number of rotatable bonds is 5. The molecule has 0 amide bonds. The van der Waals surface area contributed by atoms with E-state index >= 15 is 0 Å². The number of benzene rings is 1. The number of fused-ring (bicyclic) bond motifs is 1. The molecule has 142 valence electrons. The third-order valence-corrected chi connectivity index (χ3v) is 4.68. The summed E-state index contributed by atoms with van der Waals surface area (Å²) >= 11 is 0. The Morgan fingerprint density at radius 3 is 2.29 bits per heavy atom. The van der Waals surface area contributed by atoms with Gasteiger partial charge >= 0.3 is 0 Å². The first-order valence-corrected chi connectivity index (χ1v) is 8.73. The molecular formula is C21H20N4O3. The molecule has 3 heterocycles. The second kappa shape index (κ2) is 7.19. The van der Waals surface area contributed by atoms with Crippen LogP contribution in [-0.4, -0.2) is 41.5 Å². The summed E-state index contributed by atoms with van der Waals surface area (Å²) in [5.74, 6) is 1.67. The fraction of sp³-hybridized carbons (Fsp3) is 0.190. The second-order valence-electron chi connectivity index (χ2n) is 6.22. The standard InChI is InChI=1S/C21H20N4O3/c1-12-18-15(13-7-9-22-10-8-13)11-16(23-21(18)25-24-12)14-5-6-17(26-2)20(28-4)19(14)27-3/h5-11H,1-4H3,(H,23,24,25). The molecule has 4 rings (SSSR count). The van der Waals surface area contributed by atoms with Crippen molar-refractivity contribution in [1.82, 2.24) is 20.2 Å².